The number of aromatic amines is 1. The molecule has 0 bridgehead atoms. The highest BCUT2D eigenvalue weighted by Crippen LogP contribution is 2.30. The average Bonchev–Trinajstić information content (AvgIpc) is 3.37. The minimum absolute atomic E-state index is 0.0120. The number of hydrogen-bond donors (Lipinski definition) is 1. The SMILES string of the molecule is CCn1c([C@H]2CCCN(Cc3ccc(-c4ccn[nH]4)s3)C2)nn(C)c1=O. The van der Waals surface area contributed by atoms with Gasteiger partial charge in [0.2, 0.25) is 0 Å². The third-order valence-electron chi connectivity index (χ3n) is 5.03. The van der Waals surface area contributed by atoms with Crippen LogP contribution in [0.1, 0.15) is 36.4 Å². The van der Waals surface area contributed by atoms with Gasteiger partial charge in [-0.25, -0.2) is 9.48 Å². The van der Waals surface area contributed by atoms with E-state index in [9.17, 15) is 4.79 Å². The Kier molecular flexibility index (Phi) is 4.78. The van der Waals surface area contributed by atoms with Crippen molar-refractivity contribution in [1.29, 1.82) is 0 Å². The molecule has 26 heavy (non-hydrogen) atoms. The van der Waals surface area contributed by atoms with Crippen LogP contribution in [0.3, 0.4) is 0 Å². The average molecular weight is 372 g/mol. The van der Waals surface area contributed by atoms with Crippen molar-refractivity contribution in [2.24, 2.45) is 7.05 Å². The predicted octanol–water partition coefficient (Wildman–Crippen LogP) is 2.43. The molecule has 1 N–H and O–H groups in total. The van der Waals surface area contributed by atoms with E-state index >= 15 is 0 Å². The fourth-order valence-corrected chi connectivity index (χ4v) is 4.78. The quantitative estimate of drug-likeness (QED) is 0.747. The molecule has 0 saturated carbocycles. The Morgan fingerprint density at radius 3 is 3.00 bits per heavy atom. The summed E-state index contributed by atoms with van der Waals surface area (Å²) in [6.45, 7) is 5.68. The smallest absolute Gasteiger partial charge is 0.298 e. The topological polar surface area (TPSA) is 71.7 Å². The van der Waals surface area contributed by atoms with Gasteiger partial charge in [0.05, 0.1) is 10.6 Å². The lowest BCUT2D eigenvalue weighted by atomic mass is 9.97. The van der Waals surface area contributed by atoms with Gasteiger partial charge in [-0.3, -0.25) is 14.6 Å². The van der Waals surface area contributed by atoms with E-state index in [-0.39, 0.29) is 5.69 Å². The first-order valence-electron chi connectivity index (χ1n) is 9.10. The Bertz CT molecular complexity index is 922. The number of rotatable bonds is 5. The zero-order valence-corrected chi connectivity index (χ0v) is 16.0. The van der Waals surface area contributed by atoms with E-state index in [2.05, 4.69) is 32.3 Å². The van der Waals surface area contributed by atoms with Gasteiger partial charge in [-0.15, -0.1) is 11.3 Å². The van der Waals surface area contributed by atoms with Crippen LogP contribution in [-0.2, 0) is 20.1 Å². The molecule has 0 aromatic carbocycles. The van der Waals surface area contributed by atoms with E-state index in [0.29, 0.717) is 12.5 Å². The minimum atomic E-state index is -0.0120. The number of thiophene rings is 1. The van der Waals surface area contributed by atoms with Crippen molar-refractivity contribution in [3.8, 4) is 10.6 Å². The van der Waals surface area contributed by atoms with Crippen molar-refractivity contribution in [2.75, 3.05) is 13.1 Å². The summed E-state index contributed by atoms with van der Waals surface area (Å²) in [5, 5.41) is 11.6. The molecule has 3 aromatic heterocycles. The summed E-state index contributed by atoms with van der Waals surface area (Å²) >= 11 is 1.81. The second-order valence-corrected chi connectivity index (χ2v) is 7.99. The predicted molar refractivity (Wildman–Crippen MR) is 102 cm³/mol. The molecule has 0 radical (unpaired) electrons. The monoisotopic (exact) mass is 372 g/mol. The number of nitrogens with zero attached hydrogens (tertiary/aromatic N) is 5. The number of piperidine rings is 1. The van der Waals surface area contributed by atoms with E-state index in [4.69, 9.17) is 0 Å². The van der Waals surface area contributed by atoms with Crippen molar-refractivity contribution in [1.82, 2.24) is 29.4 Å². The van der Waals surface area contributed by atoms with Crippen molar-refractivity contribution in [2.45, 2.75) is 38.8 Å². The van der Waals surface area contributed by atoms with Gasteiger partial charge < -0.3 is 0 Å². The fraction of sp³-hybridized carbons (Fsp3) is 0.500. The van der Waals surface area contributed by atoms with E-state index in [0.717, 1.165) is 44.0 Å². The standard InChI is InChI=1S/C18H24N6OS/c1-3-24-17(21-22(2)18(24)25)13-5-4-10-23(11-13)12-14-6-7-16(26-14)15-8-9-19-20-15/h6-9,13H,3-5,10-12H2,1-2H3,(H,19,20)/t13-/m0/s1. The van der Waals surface area contributed by atoms with Crippen LogP contribution in [0.2, 0.25) is 0 Å². The first-order valence-corrected chi connectivity index (χ1v) is 9.92. The highest BCUT2D eigenvalue weighted by molar-refractivity contribution is 7.15. The van der Waals surface area contributed by atoms with Gasteiger partial charge in [0.1, 0.15) is 5.82 Å². The van der Waals surface area contributed by atoms with Crippen LogP contribution in [-0.4, -0.2) is 42.5 Å². The van der Waals surface area contributed by atoms with Crippen LogP contribution in [0.4, 0.5) is 0 Å². The van der Waals surface area contributed by atoms with Gasteiger partial charge in [-0.1, -0.05) is 0 Å². The maximum atomic E-state index is 12.2. The molecule has 1 aliphatic heterocycles. The van der Waals surface area contributed by atoms with Crippen molar-refractivity contribution in [3.05, 3.63) is 45.6 Å². The zero-order chi connectivity index (χ0) is 18.1. The highest BCUT2D eigenvalue weighted by Gasteiger charge is 2.26. The lowest BCUT2D eigenvalue weighted by Gasteiger charge is -2.31. The largest absolute Gasteiger partial charge is 0.345 e. The van der Waals surface area contributed by atoms with Crippen LogP contribution in [0.15, 0.2) is 29.2 Å². The maximum absolute atomic E-state index is 12.2. The normalized spacial score (nSPS) is 18.5. The number of hydrogen-bond acceptors (Lipinski definition) is 5. The second kappa shape index (κ2) is 7.20. The summed E-state index contributed by atoms with van der Waals surface area (Å²) in [5.74, 6) is 1.26. The molecule has 4 rings (SSSR count). The van der Waals surface area contributed by atoms with E-state index in [1.54, 1.807) is 13.2 Å². The first kappa shape index (κ1) is 17.2. The molecule has 0 aliphatic carbocycles. The summed E-state index contributed by atoms with van der Waals surface area (Å²) in [4.78, 5) is 17.2. The van der Waals surface area contributed by atoms with Crippen molar-refractivity contribution >= 4 is 11.3 Å². The van der Waals surface area contributed by atoms with Crippen LogP contribution in [0, 0.1) is 0 Å². The number of aromatic nitrogens is 5. The lowest BCUT2D eigenvalue weighted by molar-refractivity contribution is 0.196. The van der Waals surface area contributed by atoms with E-state index < -0.39 is 0 Å². The molecular weight excluding hydrogens is 348 g/mol. The number of aryl methyl sites for hydroxylation is 1. The maximum Gasteiger partial charge on any atom is 0.345 e. The first-order chi connectivity index (χ1) is 12.7. The van der Waals surface area contributed by atoms with Gasteiger partial charge in [-0.05, 0) is 44.5 Å². The third kappa shape index (κ3) is 3.26. The fourth-order valence-electron chi connectivity index (χ4n) is 3.75. The Balaban J connectivity index is 1.48. The third-order valence-corrected chi connectivity index (χ3v) is 6.13. The summed E-state index contributed by atoms with van der Waals surface area (Å²) < 4.78 is 3.28. The zero-order valence-electron chi connectivity index (χ0n) is 15.2. The highest BCUT2D eigenvalue weighted by atomic mass is 32.1. The van der Waals surface area contributed by atoms with Crippen LogP contribution in [0.25, 0.3) is 10.6 Å². The molecule has 0 spiro atoms. The molecule has 0 amide bonds. The molecule has 8 heteroatoms. The number of nitrogens with one attached hydrogen (secondary N) is 1. The molecular formula is C18H24N6OS. The van der Waals surface area contributed by atoms with Gasteiger partial charge in [0, 0.05) is 43.7 Å². The molecule has 138 valence electrons. The Hall–Kier alpha value is -2.19. The minimum Gasteiger partial charge on any atom is -0.298 e. The Labute approximate surface area is 156 Å². The summed E-state index contributed by atoms with van der Waals surface area (Å²) in [6.07, 6.45) is 4.01. The lowest BCUT2D eigenvalue weighted by Crippen LogP contribution is -2.35. The Morgan fingerprint density at radius 1 is 1.35 bits per heavy atom. The van der Waals surface area contributed by atoms with Gasteiger partial charge in [-0.2, -0.15) is 10.2 Å². The van der Waals surface area contributed by atoms with Crippen LogP contribution >= 0.6 is 11.3 Å². The van der Waals surface area contributed by atoms with Crippen LogP contribution in [0.5, 0.6) is 0 Å². The second-order valence-electron chi connectivity index (χ2n) is 6.82. The number of likely N-dealkylation sites (tertiary alicyclic amines) is 1. The molecule has 3 aromatic rings. The van der Waals surface area contributed by atoms with Crippen LogP contribution < -0.4 is 5.69 Å². The van der Waals surface area contributed by atoms with Gasteiger partial charge >= 0.3 is 5.69 Å². The van der Waals surface area contributed by atoms with Gasteiger partial charge in [0.15, 0.2) is 0 Å². The summed E-state index contributed by atoms with van der Waals surface area (Å²) in [5.41, 5.74) is 1.06. The van der Waals surface area contributed by atoms with E-state index in [1.165, 1.54) is 14.4 Å². The molecule has 4 heterocycles. The molecule has 1 atom stereocenters. The summed E-state index contributed by atoms with van der Waals surface area (Å²) in [7, 11) is 1.74. The molecule has 1 saturated heterocycles. The molecule has 1 aliphatic rings. The summed E-state index contributed by atoms with van der Waals surface area (Å²) in [6, 6.07) is 6.35. The van der Waals surface area contributed by atoms with Gasteiger partial charge in [0.25, 0.3) is 0 Å². The molecule has 0 unspecified atom stereocenters. The van der Waals surface area contributed by atoms with Crippen molar-refractivity contribution < 1.29 is 0 Å². The molecule has 7 nitrogen and oxygen atoms in total. The van der Waals surface area contributed by atoms with Crippen molar-refractivity contribution in [3.63, 3.8) is 0 Å². The van der Waals surface area contributed by atoms with E-state index in [1.807, 2.05) is 28.9 Å². The number of H-pyrrole nitrogens is 1. The molecule has 1 fully saturated rings. The Morgan fingerprint density at radius 2 is 2.23 bits per heavy atom.